The first kappa shape index (κ1) is 26.8. The number of nitrogens with zero attached hydrogens (tertiary/aromatic N) is 1. The molecule has 0 saturated carbocycles. The zero-order valence-corrected chi connectivity index (χ0v) is 21.2. The van der Waals surface area contributed by atoms with Crippen LogP contribution in [0.25, 0.3) is 0 Å². The maximum Gasteiger partial charge on any atom is 0.280 e. The second-order valence-electron chi connectivity index (χ2n) is 7.99. The molecule has 0 aliphatic carbocycles. The lowest BCUT2D eigenvalue weighted by Gasteiger charge is -2.29. The van der Waals surface area contributed by atoms with Gasteiger partial charge in [0.25, 0.3) is 10.2 Å². The van der Waals surface area contributed by atoms with Crippen LogP contribution in [0.1, 0.15) is 25.8 Å². The normalized spacial score (nSPS) is 17.0. The Morgan fingerprint density at radius 1 is 1.09 bits per heavy atom. The number of morpholine rings is 1. The lowest BCUT2D eigenvalue weighted by Crippen LogP contribution is -2.56. The minimum atomic E-state index is -3.92. The Morgan fingerprint density at radius 2 is 1.72 bits per heavy atom. The average molecular weight is 579 g/mol. The summed E-state index contributed by atoms with van der Waals surface area (Å²) in [6.07, 6.45) is 0.375. The van der Waals surface area contributed by atoms with Gasteiger partial charge in [0.1, 0.15) is 6.04 Å². The monoisotopic (exact) mass is 579 g/mol. The number of nitrogens with one attached hydrogen (secondary N) is 2. The summed E-state index contributed by atoms with van der Waals surface area (Å²) < 4.78 is 34.5. The molecule has 178 valence electrons. The lowest BCUT2D eigenvalue weighted by molar-refractivity contribution is -0.137. The van der Waals surface area contributed by atoms with Crippen molar-refractivity contribution in [2.24, 2.45) is 5.92 Å². The van der Waals surface area contributed by atoms with Crippen LogP contribution in [-0.2, 0) is 35.8 Å². The Hall–Kier alpha value is -1.41. The van der Waals surface area contributed by atoms with Crippen molar-refractivity contribution in [3.63, 3.8) is 0 Å². The minimum absolute atomic E-state index is 0.00314. The van der Waals surface area contributed by atoms with E-state index < -0.39 is 39.8 Å². The molecule has 0 radical (unpaired) electrons. The van der Waals surface area contributed by atoms with E-state index >= 15 is 0 Å². The maximum absolute atomic E-state index is 13.1. The van der Waals surface area contributed by atoms with Crippen molar-refractivity contribution < 1.29 is 27.5 Å². The molecule has 2 rings (SSSR count). The van der Waals surface area contributed by atoms with Crippen molar-refractivity contribution in [3.05, 3.63) is 35.9 Å². The second kappa shape index (κ2) is 12.7. The Morgan fingerprint density at radius 3 is 2.28 bits per heavy atom. The van der Waals surface area contributed by atoms with Crippen LogP contribution in [0.2, 0.25) is 0 Å². The van der Waals surface area contributed by atoms with Crippen LogP contribution in [0.15, 0.2) is 30.3 Å². The van der Waals surface area contributed by atoms with Gasteiger partial charge in [0, 0.05) is 19.5 Å². The number of ketones is 2. The van der Waals surface area contributed by atoms with Crippen molar-refractivity contribution in [2.45, 2.75) is 38.8 Å². The van der Waals surface area contributed by atoms with Gasteiger partial charge in [-0.15, -0.1) is 0 Å². The first-order valence-electron chi connectivity index (χ1n) is 10.5. The van der Waals surface area contributed by atoms with Crippen molar-refractivity contribution in [2.75, 3.05) is 30.7 Å². The minimum Gasteiger partial charge on any atom is -0.379 e. The van der Waals surface area contributed by atoms with E-state index in [1.54, 1.807) is 24.3 Å². The van der Waals surface area contributed by atoms with Gasteiger partial charge in [-0.2, -0.15) is 17.4 Å². The molecule has 1 aromatic carbocycles. The SMILES string of the molecule is CC(C)C[C@H](NS(=O)(=O)N1CCOCC1)C(=O)N[C@@H](Cc1ccccc1)C(=O)C(=O)CI. The van der Waals surface area contributed by atoms with E-state index in [1.165, 1.54) is 4.31 Å². The Bertz CT molecular complexity index is 888. The molecule has 0 aromatic heterocycles. The molecule has 2 N–H and O–H groups in total. The van der Waals surface area contributed by atoms with Crippen LogP contribution in [0.4, 0.5) is 0 Å². The molecule has 2 atom stereocenters. The van der Waals surface area contributed by atoms with Gasteiger partial charge in [-0.25, -0.2) is 0 Å². The van der Waals surface area contributed by atoms with Crippen LogP contribution in [0.3, 0.4) is 0 Å². The highest BCUT2D eigenvalue weighted by Gasteiger charge is 2.33. The molecule has 1 saturated heterocycles. The molecule has 1 aliphatic heterocycles. The fraction of sp³-hybridized carbons (Fsp3) is 0.571. The molecule has 9 nitrogen and oxygen atoms in total. The van der Waals surface area contributed by atoms with Crippen LogP contribution in [0, 0.1) is 5.92 Å². The number of alkyl halides is 1. The number of rotatable bonds is 12. The second-order valence-corrected chi connectivity index (χ2v) is 10.5. The summed E-state index contributed by atoms with van der Waals surface area (Å²) in [7, 11) is -3.92. The summed E-state index contributed by atoms with van der Waals surface area (Å²) in [5.74, 6) is -1.92. The standard InChI is InChI=1S/C21H30IN3O6S/c1-15(2)12-18(24-32(29,30)25-8-10-31-11-9-25)21(28)23-17(20(27)19(26)14-22)13-16-6-4-3-5-7-16/h3-7,15,17-18,24H,8-14H2,1-2H3,(H,23,28)/t17-,18-/m0/s1. The van der Waals surface area contributed by atoms with Gasteiger partial charge in [-0.05, 0) is 17.9 Å². The number of benzene rings is 1. The highest BCUT2D eigenvalue weighted by Crippen LogP contribution is 2.12. The van der Waals surface area contributed by atoms with E-state index in [2.05, 4.69) is 10.0 Å². The van der Waals surface area contributed by atoms with Crippen molar-refractivity contribution >= 4 is 50.3 Å². The third kappa shape index (κ3) is 8.18. The molecular weight excluding hydrogens is 549 g/mol. The van der Waals surface area contributed by atoms with E-state index in [1.807, 2.05) is 42.5 Å². The van der Waals surface area contributed by atoms with E-state index in [0.29, 0.717) is 0 Å². The van der Waals surface area contributed by atoms with Gasteiger partial charge in [-0.1, -0.05) is 66.8 Å². The number of hydrogen-bond donors (Lipinski definition) is 2. The summed E-state index contributed by atoms with van der Waals surface area (Å²) in [5.41, 5.74) is 0.779. The fourth-order valence-corrected chi connectivity index (χ4v) is 5.03. The molecule has 1 fully saturated rings. The first-order valence-corrected chi connectivity index (χ1v) is 13.4. The Labute approximate surface area is 203 Å². The average Bonchev–Trinajstić information content (AvgIpc) is 2.78. The number of halogens is 1. The molecule has 1 aromatic rings. The number of Topliss-reactive ketones (excluding diaryl/α,β-unsaturated/α-hetero) is 2. The largest absolute Gasteiger partial charge is 0.379 e. The Kier molecular flexibility index (Phi) is 10.7. The van der Waals surface area contributed by atoms with E-state index in [-0.39, 0.29) is 49.5 Å². The van der Waals surface area contributed by atoms with E-state index in [0.717, 1.165) is 5.56 Å². The highest BCUT2D eigenvalue weighted by molar-refractivity contribution is 14.1. The summed E-state index contributed by atoms with van der Waals surface area (Å²) in [4.78, 5) is 37.8. The van der Waals surface area contributed by atoms with Crippen LogP contribution in [-0.4, -0.2) is 73.0 Å². The Balaban J connectivity index is 2.20. The molecule has 11 heteroatoms. The van der Waals surface area contributed by atoms with Gasteiger partial charge in [-0.3, -0.25) is 14.4 Å². The van der Waals surface area contributed by atoms with Crippen LogP contribution >= 0.6 is 22.6 Å². The third-order valence-corrected chi connectivity index (χ3v) is 7.26. The van der Waals surface area contributed by atoms with Crippen LogP contribution in [0.5, 0.6) is 0 Å². The molecule has 0 unspecified atom stereocenters. The quantitative estimate of drug-likeness (QED) is 0.215. The topological polar surface area (TPSA) is 122 Å². The third-order valence-electron chi connectivity index (χ3n) is 4.94. The van der Waals surface area contributed by atoms with Gasteiger partial charge < -0.3 is 10.1 Å². The number of carbonyl (C=O) groups is 3. The predicted molar refractivity (Wildman–Crippen MR) is 129 cm³/mol. The first-order chi connectivity index (χ1) is 15.1. The predicted octanol–water partition coefficient (Wildman–Crippen LogP) is 0.868. The zero-order chi connectivity index (χ0) is 23.7. The molecule has 32 heavy (non-hydrogen) atoms. The van der Waals surface area contributed by atoms with Gasteiger partial charge >= 0.3 is 0 Å². The molecule has 0 bridgehead atoms. The zero-order valence-electron chi connectivity index (χ0n) is 18.3. The van der Waals surface area contributed by atoms with Crippen LogP contribution < -0.4 is 10.0 Å². The molecule has 1 amide bonds. The molecule has 1 aliphatic rings. The molecule has 1 heterocycles. The number of carbonyl (C=O) groups excluding carboxylic acids is 3. The van der Waals surface area contributed by atoms with E-state index in [4.69, 9.17) is 4.74 Å². The van der Waals surface area contributed by atoms with Gasteiger partial charge in [0.15, 0.2) is 0 Å². The highest BCUT2D eigenvalue weighted by atomic mass is 127. The number of hydrogen-bond acceptors (Lipinski definition) is 6. The van der Waals surface area contributed by atoms with Crippen molar-refractivity contribution in [1.29, 1.82) is 0 Å². The number of ether oxygens (including phenoxy) is 1. The fourth-order valence-electron chi connectivity index (χ4n) is 3.31. The summed E-state index contributed by atoms with van der Waals surface area (Å²) in [6, 6.07) is 6.88. The smallest absolute Gasteiger partial charge is 0.280 e. The van der Waals surface area contributed by atoms with E-state index in [9.17, 15) is 22.8 Å². The van der Waals surface area contributed by atoms with Gasteiger partial charge in [0.05, 0.1) is 23.7 Å². The van der Waals surface area contributed by atoms with Gasteiger partial charge in [0.2, 0.25) is 17.5 Å². The molecule has 0 spiro atoms. The van der Waals surface area contributed by atoms with Crippen molar-refractivity contribution in [1.82, 2.24) is 14.3 Å². The molecular formula is C21H30IN3O6S. The number of amides is 1. The van der Waals surface area contributed by atoms with Crippen molar-refractivity contribution in [3.8, 4) is 0 Å². The summed E-state index contributed by atoms with van der Waals surface area (Å²) >= 11 is 1.81. The lowest BCUT2D eigenvalue weighted by atomic mass is 9.99. The summed E-state index contributed by atoms with van der Waals surface area (Å²) in [6.45, 7) is 4.71. The maximum atomic E-state index is 13.1. The summed E-state index contributed by atoms with van der Waals surface area (Å²) in [5, 5.41) is 2.63.